The first-order chi connectivity index (χ1) is 13.5. The molecule has 0 N–H and O–H groups in total. The Bertz CT molecular complexity index is 980. The van der Waals surface area contributed by atoms with Crippen molar-refractivity contribution < 1.29 is 14.1 Å². The van der Waals surface area contributed by atoms with Crippen molar-refractivity contribution in [2.24, 2.45) is 0 Å². The number of cyclic esters (lactones) is 1. The first kappa shape index (κ1) is 18.5. The van der Waals surface area contributed by atoms with E-state index in [0.29, 0.717) is 10.6 Å². The SMILES string of the molecule is CN1C(=O)OC(c2ccccc2)C1(C)P(=O)(c1ccccc1)c1ccccc1. The molecule has 1 amide bonds. The van der Waals surface area contributed by atoms with Crippen LogP contribution in [0.3, 0.4) is 0 Å². The topological polar surface area (TPSA) is 46.6 Å². The minimum Gasteiger partial charge on any atom is -0.438 e. The molecule has 142 valence electrons. The van der Waals surface area contributed by atoms with E-state index in [-0.39, 0.29) is 0 Å². The number of nitrogens with zero attached hydrogens (tertiary/aromatic N) is 1. The van der Waals surface area contributed by atoms with Gasteiger partial charge in [0.05, 0.1) is 0 Å². The van der Waals surface area contributed by atoms with Gasteiger partial charge in [-0.3, -0.25) is 4.90 Å². The van der Waals surface area contributed by atoms with Crippen LogP contribution >= 0.6 is 7.14 Å². The van der Waals surface area contributed by atoms with Crippen LogP contribution in [0.4, 0.5) is 4.79 Å². The quantitative estimate of drug-likeness (QED) is 0.614. The number of ether oxygens (including phenoxy) is 1. The van der Waals surface area contributed by atoms with E-state index in [1.807, 2.05) is 97.9 Å². The average molecular weight is 391 g/mol. The third-order valence-electron chi connectivity index (χ3n) is 5.65. The molecule has 1 aliphatic rings. The van der Waals surface area contributed by atoms with Gasteiger partial charge in [-0.05, 0) is 12.5 Å². The summed E-state index contributed by atoms with van der Waals surface area (Å²) in [5.41, 5.74) is 0.829. The standard InChI is InChI=1S/C23H22NO3P/c1-23(21(27-22(25)24(23)2)18-12-6-3-7-13-18)28(26,19-14-8-4-9-15-19)20-16-10-5-11-17-20/h3-17,21H,1-2H3. The summed E-state index contributed by atoms with van der Waals surface area (Å²) in [5.74, 6) is 0. The molecule has 0 saturated carbocycles. The van der Waals surface area contributed by atoms with Crippen molar-refractivity contribution in [2.45, 2.75) is 18.3 Å². The molecule has 1 fully saturated rings. The first-order valence-electron chi connectivity index (χ1n) is 9.20. The van der Waals surface area contributed by atoms with Gasteiger partial charge in [-0.15, -0.1) is 0 Å². The normalized spacial score (nSPS) is 22.1. The lowest BCUT2D eigenvalue weighted by Gasteiger charge is -2.41. The number of likely N-dealkylation sites (N-methyl/N-ethyl adjacent to an activating group) is 1. The van der Waals surface area contributed by atoms with Crippen LogP contribution < -0.4 is 10.6 Å². The Balaban J connectivity index is 2.01. The van der Waals surface area contributed by atoms with E-state index in [4.69, 9.17) is 4.74 Å². The maximum absolute atomic E-state index is 15.0. The van der Waals surface area contributed by atoms with Crippen molar-refractivity contribution in [1.82, 2.24) is 4.90 Å². The van der Waals surface area contributed by atoms with Gasteiger partial charge in [0.15, 0.2) is 13.2 Å². The zero-order valence-corrected chi connectivity index (χ0v) is 16.8. The van der Waals surface area contributed by atoms with Crippen molar-refractivity contribution in [1.29, 1.82) is 0 Å². The third kappa shape index (κ3) is 2.60. The van der Waals surface area contributed by atoms with Crippen LogP contribution in [0.2, 0.25) is 0 Å². The van der Waals surface area contributed by atoms with Gasteiger partial charge < -0.3 is 9.30 Å². The van der Waals surface area contributed by atoms with E-state index in [9.17, 15) is 4.79 Å². The van der Waals surface area contributed by atoms with Gasteiger partial charge in [0.1, 0.15) is 5.28 Å². The van der Waals surface area contributed by atoms with Crippen molar-refractivity contribution in [3.05, 3.63) is 96.6 Å². The fourth-order valence-electron chi connectivity index (χ4n) is 3.99. The molecule has 0 bridgehead atoms. The third-order valence-corrected chi connectivity index (χ3v) is 9.51. The molecule has 5 heteroatoms. The van der Waals surface area contributed by atoms with E-state index in [0.717, 1.165) is 5.56 Å². The lowest BCUT2D eigenvalue weighted by molar-refractivity contribution is 0.128. The highest BCUT2D eigenvalue weighted by atomic mass is 31.2. The summed E-state index contributed by atoms with van der Waals surface area (Å²) in [5, 5.41) is 0.332. The van der Waals surface area contributed by atoms with E-state index in [2.05, 4.69) is 0 Å². The number of carbonyl (C=O) groups excluding carboxylic acids is 1. The second kappa shape index (κ2) is 6.96. The summed E-state index contributed by atoms with van der Waals surface area (Å²) in [6, 6.07) is 28.3. The molecule has 2 unspecified atom stereocenters. The molecule has 3 aromatic rings. The van der Waals surface area contributed by atoms with Gasteiger partial charge in [0, 0.05) is 17.7 Å². The van der Waals surface area contributed by atoms with Gasteiger partial charge in [0.25, 0.3) is 0 Å². The molecule has 0 spiro atoms. The Morgan fingerprint density at radius 1 is 0.821 bits per heavy atom. The maximum Gasteiger partial charge on any atom is 0.411 e. The van der Waals surface area contributed by atoms with Crippen LogP contribution in [-0.4, -0.2) is 23.3 Å². The molecule has 0 aliphatic carbocycles. The molecule has 0 aromatic heterocycles. The molecule has 4 rings (SSSR count). The molecule has 3 aromatic carbocycles. The minimum atomic E-state index is -3.32. The lowest BCUT2D eigenvalue weighted by atomic mass is 10.0. The molecular formula is C23H22NO3P. The van der Waals surface area contributed by atoms with Crippen LogP contribution in [0.25, 0.3) is 0 Å². The predicted octanol–water partition coefficient (Wildman–Crippen LogP) is 4.54. The van der Waals surface area contributed by atoms with Crippen molar-refractivity contribution >= 4 is 23.8 Å². The van der Waals surface area contributed by atoms with E-state index >= 15 is 4.57 Å². The van der Waals surface area contributed by atoms with Gasteiger partial charge in [-0.25, -0.2) is 4.79 Å². The summed E-state index contributed by atoms with van der Waals surface area (Å²) >= 11 is 0. The summed E-state index contributed by atoms with van der Waals surface area (Å²) in [6.45, 7) is 1.87. The van der Waals surface area contributed by atoms with Crippen LogP contribution in [0.5, 0.6) is 0 Å². The first-order valence-corrected chi connectivity index (χ1v) is 10.9. The molecule has 1 saturated heterocycles. The van der Waals surface area contributed by atoms with Crippen LogP contribution in [0.15, 0.2) is 91.0 Å². The van der Waals surface area contributed by atoms with Gasteiger partial charge in [0.2, 0.25) is 0 Å². The Morgan fingerprint density at radius 2 is 1.25 bits per heavy atom. The highest BCUT2D eigenvalue weighted by Crippen LogP contribution is 2.65. The van der Waals surface area contributed by atoms with Crippen LogP contribution in [-0.2, 0) is 9.30 Å². The molecule has 28 heavy (non-hydrogen) atoms. The minimum absolute atomic E-state index is 0.469. The summed E-state index contributed by atoms with van der Waals surface area (Å²) in [6.07, 6.45) is -1.12. The maximum atomic E-state index is 15.0. The molecule has 4 nitrogen and oxygen atoms in total. The Kier molecular flexibility index (Phi) is 4.60. The zero-order chi connectivity index (χ0) is 19.8. The highest BCUT2D eigenvalue weighted by Gasteiger charge is 2.62. The molecule has 2 atom stereocenters. The zero-order valence-electron chi connectivity index (χ0n) is 15.9. The van der Waals surface area contributed by atoms with Gasteiger partial charge in [-0.2, -0.15) is 0 Å². The van der Waals surface area contributed by atoms with E-state index in [1.54, 1.807) is 7.05 Å². The van der Waals surface area contributed by atoms with Crippen LogP contribution in [0, 0.1) is 0 Å². The Morgan fingerprint density at radius 3 is 1.71 bits per heavy atom. The average Bonchev–Trinajstić information content (AvgIpc) is 3.00. The predicted molar refractivity (Wildman–Crippen MR) is 112 cm³/mol. The number of rotatable bonds is 4. The molecular weight excluding hydrogens is 369 g/mol. The smallest absolute Gasteiger partial charge is 0.411 e. The monoisotopic (exact) mass is 391 g/mol. The number of hydrogen-bond donors (Lipinski definition) is 0. The second-order valence-corrected chi connectivity index (χ2v) is 10.3. The summed E-state index contributed by atoms with van der Waals surface area (Å²) in [7, 11) is -1.65. The highest BCUT2D eigenvalue weighted by molar-refractivity contribution is 7.80. The van der Waals surface area contributed by atoms with Gasteiger partial charge >= 0.3 is 6.09 Å². The molecule has 1 aliphatic heterocycles. The number of amides is 1. The lowest BCUT2D eigenvalue weighted by Crippen LogP contribution is -2.48. The number of benzene rings is 3. The largest absolute Gasteiger partial charge is 0.438 e. The molecule has 1 heterocycles. The van der Waals surface area contributed by atoms with Crippen molar-refractivity contribution in [3.63, 3.8) is 0 Å². The van der Waals surface area contributed by atoms with Gasteiger partial charge in [-0.1, -0.05) is 91.0 Å². The fraction of sp³-hybridized carbons (Fsp3) is 0.174. The van der Waals surface area contributed by atoms with E-state index in [1.165, 1.54) is 4.90 Å². The number of carbonyl (C=O) groups is 1. The fourth-order valence-corrected chi connectivity index (χ4v) is 7.55. The summed E-state index contributed by atoms with van der Waals surface area (Å²) in [4.78, 5) is 14.2. The Labute approximate surface area is 165 Å². The molecule has 0 radical (unpaired) electrons. The van der Waals surface area contributed by atoms with Crippen molar-refractivity contribution in [2.75, 3.05) is 7.05 Å². The second-order valence-electron chi connectivity index (χ2n) is 7.11. The van der Waals surface area contributed by atoms with Crippen LogP contribution in [0.1, 0.15) is 18.6 Å². The summed E-state index contributed by atoms with van der Waals surface area (Å²) < 4.78 is 20.8. The Hall–Kier alpha value is -2.84. The number of hydrogen-bond acceptors (Lipinski definition) is 3. The van der Waals surface area contributed by atoms with E-state index < -0.39 is 24.6 Å². The van der Waals surface area contributed by atoms with Crippen molar-refractivity contribution in [3.8, 4) is 0 Å².